The van der Waals surface area contributed by atoms with Crippen molar-refractivity contribution in [2.45, 2.75) is 76.5 Å². The van der Waals surface area contributed by atoms with E-state index >= 15 is 0 Å². The number of hydrogen-bond donors (Lipinski definition) is 2. The van der Waals surface area contributed by atoms with Crippen molar-refractivity contribution in [1.82, 2.24) is 49.8 Å². The molecule has 18 heteroatoms. The molecule has 0 radical (unpaired) electrons. The minimum Gasteiger partial charge on any atom is -0.382 e. The number of pyridine rings is 2. The summed E-state index contributed by atoms with van der Waals surface area (Å²) < 4.78 is 39.6. The summed E-state index contributed by atoms with van der Waals surface area (Å²) in [7, 11) is 0. The molecule has 4 aliphatic heterocycles. The summed E-state index contributed by atoms with van der Waals surface area (Å²) in [6.07, 6.45) is 15.4. The molecule has 16 nitrogen and oxygen atoms in total. The van der Waals surface area contributed by atoms with Crippen molar-refractivity contribution < 1.29 is 18.3 Å². The normalized spacial score (nSPS) is 19.2. The SMILES string of the molecule is CC1c2cnc(-c3ncccn3)nc2CCN1c1cc(F)cc(NC2CCOCC2)n1.CC1c2cnc(-c3ncccn3)nc2CCN1c1cc(NC2CCOCC2)cc(F)n1. The first-order chi connectivity index (χ1) is 30.3. The van der Waals surface area contributed by atoms with E-state index in [9.17, 15) is 8.78 Å². The Balaban J connectivity index is 0.000000158. The van der Waals surface area contributed by atoms with Gasteiger partial charge in [-0.2, -0.15) is 4.39 Å². The van der Waals surface area contributed by atoms with Crippen LogP contribution in [0, 0.1) is 11.8 Å². The van der Waals surface area contributed by atoms with E-state index in [4.69, 9.17) is 24.4 Å². The Labute approximate surface area is 358 Å². The Morgan fingerprint density at radius 2 is 1.06 bits per heavy atom. The molecule has 62 heavy (non-hydrogen) atoms. The minimum atomic E-state index is -0.488. The van der Waals surface area contributed by atoms with E-state index in [1.807, 2.05) is 18.5 Å². The summed E-state index contributed by atoms with van der Waals surface area (Å²) >= 11 is 0. The molecule has 0 aromatic carbocycles. The highest BCUT2D eigenvalue weighted by Gasteiger charge is 2.30. The molecular formula is C44H48F2N14O2. The van der Waals surface area contributed by atoms with Gasteiger partial charge in [0.1, 0.15) is 23.3 Å². The van der Waals surface area contributed by atoms with Crippen molar-refractivity contribution in [2.75, 3.05) is 60.0 Å². The van der Waals surface area contributed by atoms with Gasteiger partial charge in [-0.1, -0.05) is 0 Å². The monoisotopic (exact) mass is 842 g/mol. The molecular weight excluding hydrogens is 795 g/mol. The molecule has 320 valence electrons. The average Bonchev–Trinajstić information content (AvgIpc) is 3.30. The number of nitrogens with one attached hydrogen (secondary N) is 2. The van der Waals surface area contributed by atoms with Crippen LogP contribution in [0.1, 0.15) is 74.1 Å². The molecule has 2 atom stereocenters. The third-order valence-corrected chi connectivity index (χ3v) is 11.7. The van der Waals surface area contributed by atoms with Crippen LogP contribution in [0.15, 0.2) is 73.6 Å². The van der Waals surface area contributed by atoms with Crippen LogP contribution in [0.3, 0.4) is 0 Å². The van der Waals surface area contributed by atoms with Gasteiger partial charge in [0, 0.05) is 143 Å². The lowest BCUT2D eigenvalue weighted by Gasteiger charge is -2.35. The Morgan fingerprint density at radius 1 is 0.565 bits per heavy atom. The van der Waals surface area contributed by atoms with E-state index < -0.39 is 5.95 Å². The zero-order valence-corrected chi connectivity index (χ0v) is 34.7. The highest BCUT2D eigenvalue weighted by molar-refractivity contribution is 5.57. The molecule has 6 aromatic heterocycles. The molecule has 0 aliphatic carbocycles. The molecule has 2 N–H and O–H groups in total. The maximum absolute atomic E-state index is 14.4. The first kappa shape index (κ1) is 41.0. The Bertz CT molecular complexity index is 2290. The predicted octanol–water partition coefficient (Wildman–Crippen LogP) is 6.36. The topological polar surface area (TPSA) is 178 Å². The summed E-state index contributed by atoms with van der Waals surface area (Å²) in [5.74, 6) is 3.06. The summed E-state index contributed by atoms with van der Waals surface area (Å²) in [6, 6.07) is 10.3. The number of hydrogen-bond acceptors (Lipinski definition) is 16. The number of anilines is 4. The zero-order chi connectivity index (χ0) is 42.4. The summed E-state index contributed by atoms with van der Waals surface area (Å²) in [5, 5.41) is 6.80. The quantitative estimate of drug-likeness (QED) is 0.162. The van der Waals surface area contributed by atoms with Gasteiger partial charge in [0.15, 0.2) is 23.3 Å². The minimum absolute atomic E-state index is 0.0280. The second kappa shape index (κ2) is 18.7. The van der Waals surface area contributed by atoms with Crippen LogP contribution in [0.2, 0.25) is 0 Å². The van der Waals surface area contributed by atoms with E-state index in [0.29, 0.717) is 66.7 Å². The van der Waals surface area contributed by atoms with Crippen LogP contribution >= 0.6 is 0 Å². The van der Waals surface area contributed by atoms with Crippen molar-refractivity contribution in [3.63, 3.8) is 0 Å². The van der Waals surface area contributed by atoms with Gasteiger partial charge >= 0.3 is 0 Å². The molecule has 10 rings (SSSR count). The number of fused-ring (bicyclic) bond motifs is 2. The third-order valence-electron chi connectivity index (χ3n) is 11.7. The fraction of sp³-hybridized carbons (Fsp3) is 0.409. The van der Waals surface area contributed by atoms with Gasteiger partial charge in [0.05, 0.1) is 23.5 Å². The van der Waals surface area contributed by atoms with E-state index in [0.717, 1.165) is 80.3 Å². The van der Waals surface area contributed by atoms with Crippen LogP contribution in [0.25, 0.3) is 23.3 Å². The van der Waals surface area contributed by atoms with Crippen LogP contribution in [0.4, 0.5) is 31.9 Å². The second-order valence-corrected chi connectivity index (χ2v) is 15.7. The maximum atomic E-state index is 14.4. The van der Waals surface area contributed by atoms with E-state index in [1.165, 1.54) is 18.2 Å². The smallest absolute Gasteiger partial charge is 0.216 e. The summed E-state index contributed by atoms with van der Waals surface area (Å²) in [5.41, 5.74) is 4.71. The molecule has 2 unspecified atom stereocenters. The van der Waals surface area contributed by atoms with Gasteiger partial charge in [-0.15, -0.1) is 0 Å². The van der Waals surface area contributed by atoms with Crippen molar-refractivity contribution in [2.24, 2.45) is 0 Å². The summed E-state index contributed by atoms with van der Waals surface area (Å²) in [6.45, 7) is 8.41. The fourth-order valence-electron chi connectivity index (χ4n) is 8.34. The van der Waals surface area contributed by atoms with Crippen molar-refractivity contribution in [1.29, 1.82) is 0 Å². The number of halogens is 2. The molecule has 0 saturated carbocycles. The molecule has 0 bridgehead atoms. The Hall–Kier alpha value is -6.40. The van der Waals surface area contributed by atoms with Gasteiger partial charge in [-0.05, 0) is 51.7 Å². The van der Waals surface area contributed by atoms with Crippen molar-refractivity contribution >= 4 is 23.1 Å². The highest BCUT2D eigenvalue weighted by atomic mass is 19.1. The number of nitrogens with zero attached hydrogens (tertiary/aromatic N) is 12. The Kier molecular flexibility index (Phi) is 12.4. The van der Waals surface area contributed by atoms with Gasteiger partial charge in [-0.25, -0.2) is 54.2 Å². The molecule has 0 amide bonds. The van der Waals surface area contributed by atoms with Crippen LogP contribution in [0.5, 0.6) is 0 Å². The number of aromatic nitrogens is 10. The number of ether oxygens (including phenoxy) is 2. The molecule has 2 saturated heterocycles. The largest absolute Gasteiger partial charge is 0.382 e. The molecule has 4 aliphatic rings. The van der Waals surface area contributed by atoms with Crippen molar-refractivity contribution in [3.05, 3.63) is 108 Å². The standard InChI is InChI=1S/2C22H24FN7O/c1-14-17-13-26-22(21-24-6-2-7-25-21)28-18(17)3-8-30(14)20-12-15(23)11-19(29-20)27-16-4-9-31-10-5-16;1-14-17-13-26-22(21-24-6-2-7-25-21)28-18(17)3-8-30(14)20-12-16(11-19(23)29-20)27-15-4-9-31-10-5-15/h2,6-7,11-14,16H,3-5,8-10H2,1H3,(H,27,29);2,6-7,11-15H,3-5,8-10H2,1H3,(H,27,29). The highest BCUT2D eigenvalue weighted by Crippen LogP contribution is 2.35. The van der Waals surface area contributed by atoms with Gasteiger partial charge < -0.3 is 29.9 Å². The van der Waals surface area contributed by atoms with Crippen LogP contribution in [-0.2, 0) is 22.3 Å². The predicted molar refractivity (Wildman–Crippen MR) is 228 cm³/mol. The molecule has 0 spiro atoms. The van der Waals surface area contributed by atoms with Gasteiger partial charge in [0.2, 0.25) is 5.95 Å². The molecule has 2 fully saturated rings. The maximum Gasteiger partial charge on any atom is 0.216 e. The van der Waals surface area contributed by atoms with Crippen LogP contribution in [-0.4, -0.2) is 101 Å². The average molecular weight is 843 g/mol. The van der Waals surface area contributed by atoms with Crippen molar-refractivity contribution in [3.8, 4) is 23.3 Å². The first-order valence-corrected chi connectivity index (χ1v) is 21.2. The third kappa shape index (κ3) is 9.40. The Morgan fingerprint density at radius 3 is 1.60 bits per heavy atom. The van der Waals surface area contributed by atoms with Gasteiger partial charge in [-0.3, -0.25) is 0 Å². The fourth-order valence-corrected chi connectivity index (χ4v) is 8.34. The zero-order valence-electron chi connectivity index (χ0n) is 34.7. The lowest BCUT2D eigenvalue weighted by Crippen LogP contribution is -2.35. The van der Waals surface area contributed by atoms with Crippen LogP contribution < -0.4 is 20.4 Å². The summed E-state index contributed by atoms with van der Waals surface area (Å²) in [4.78, 5) is 48.4. The van der Waals surface area contributed by atoms with E-state index in [2.05, 4.69) is 69.2 Å². The van der Waals surface area contributed by atoms with E-state index in [1.54, 1.807) is 36.9 Å². The lowest BCUT2D eigenvalue weighted by atomic mass is 9.99. The second-order valence-electron chi connectivity index (χ2n) is 15.7. The molecule has 6 aromatic rings. The molecule has 10 heterocycles. The first-order valence-electron chi connectivity index (χ1n) is 21.2. The number of rotatable bonds is 8. The lowest BCUT2D eigenvalue weighted by molar-refractivity contribution is 0.0903. The van der Waals surface area contributed by atoms with E-state index in [-0.39, 0.29) is 30.0 Å². The van der Waals surface area contributed by atoms with Gasteiger partial charge in [0.25, 0.3) is 0 Å².